The van der Waals surface area contributed by atoms with Crippen molar-refractivity contribution in [1.82, 2.24) is 10.2 Å². The Morgan fingerprint density at radius 2 is 2.05 bits per heavy atom. The summed E-state index contributed by atoms with van der Waals surface area (Å²) in [6, 6.07) is 9.50. The molecule has 1 aliphatic heterocycles. The van der Waals surface area contributed by atoms with Crippen LogP contribution in [0.1, 0.15) is 24.8 Å². The highest BCUT2D eigenvalue weighted by atomic mass is 35.5. The third-order valence-electron chi connectivity index (χ3n) is 3.46. The van der Waals surface area contributed by atoms with Crippen LogP contribution in [0.5, 0.6) is 0 Å². The van der Waals surface area contributed by atoms with Gasteiger partial charge in [0.2, 0.25) is 11.8 Å². The first kappa shape index (κ1) is 17.5. The van der Waals surface area contributed by atoms with Crippen molar-refractivity contribution in [2.45, 2.75) is 31.8 Å². The quantitative estimate of drug-likeness (QED) is 0.825. The maximum atomic E-state index is 12.2. The van der Waals surface area contributed by atoms with Gasteiger partial charge in [0.1, 0.15) is 6.04 Å². The summed E-state index contributed by atoms with van der Waals surface area (Å²) in [5.74, 6) is -0.0784. The van der Waals surface area contributed by atoms with E-state index in [4.69, 9.17) is 5.73 Å². The molecule has 1 saturated heterocycles. The summed E-state index contributed by atoms with van der Waals surface area (Å²) < 4.78 is 0. The monoisotopic (exact) mass is 311 g/mol. The SMILES string of the molecule is Cl.NCCCC(=O)NC1CCN(Cc2ccccc2)C1=O. The van der Waals surface area contributed by atoms with Crippen molar-refractivity contribution in [3.05, 3.63) is 35.9 Å². The van der Waals surface area contributed by atoms with E-state index in [0.717, 1.165) is 5.56 Å². The molecule has 2 amide bonds. The number of rotatable bonds is 6. The highest BCUT2D eigenvalue weighted by Crippen LogP contribution is 2.15. The van der Waals surface area contributed by atoms with Crippen LogP contribution in [0.25, 0.3) is 0 Å². The molecule has 116 valence electrons. The van der Waals surface area contributed by atoms with E-state index >= 15 is 0 Å². The van der Waals surface area contributed by atoms with Crippen LogP contribution < -0.4 is 11.1 Å². The molecular weight excluding hydrogens is 290 g/mol. The van der Waals surface area contributed by atoms with Crippen LogP contribution in [0, 0.1) is 0 Å². The first-order valence-electron chi connectivity index (χ1n) is 7.03. The molecule has 0 radical (unpaired) electrons. The van der Waals surface area contributed by atoms with E-state index in [-0.39, 0.29) is 30.3 Å². The van der Waals surface area contributed by atoms with Crippen LogP contribution in [0.2, 0.25) is 0 Å². The number of carbonyl (C=O) groups is 2. The van der Waals surface area contributed by atoms with Crippen molar-refractivity contribution < 1.29 is 9.59 Å². The number of benzene rings is 1. The molecule has 1 aromatic rings. The Labute approximate surface area is 131 Å². The molecule has 1 aromatic carbocycles. The predicted molar refractivity (Wildman–Crippen MR) is 83.9 cm³/mol. The Morgan fingerprint density at radius 3 is 2.71 bits per heavy atom. The van der Waals surface area contributed by atoms with Crippen molar-refractivity contribution in [2.24, 2.45) is 5.73 Å². The molecule has 21 heavy (non-hydrogen) atoms. The van der Waals surface area contributed by atoms with Gasteiger partial charge in [-0.3, -0.25) is 9.59 Å². The third kappa shape index (κ3) is 5.02. The largest absolute Gasteiger partial charge is 0.344 e. The van der Waals surface area contributed by atoms with Crippen molar-refractivity contribution in [2.75, 3.05) is 13.1 Å². The minimum atomic E-state index is -0.371. The average Bonchev–Trinajstić information content (AvgIpc) is 2.79. The normalized spacial score (nSPS) is 17.5. The second kappa shape index (κ2) is 8.64. The Bertz CT molecular complexity index is 467. The van der Waals surface area contributed by atoms with E-state index in [2.05, 4.69) is 5.32 Å². The summed E-state index contributed by atoms with van der Waals surface area (Å²) in [4.78, 5) is 25.6. The molecular formula is C15H22ClN3O2. The number of hydrogen-bond acceptors (Lipinski definition) is 3. The minimum Gasteiger partial charge on any atom is -0.344 e. The molecule has 3 N–H and O–H groups in total. The van der Waals surface area contributed by atoms with Gasteiger partial charge in [-0.1, -0.05) is 30.3 Å². The molecule has 1 heterocycles. The highest BCUT2D eigenvalue weighted by Gasteiger charge is 2.32. The summed E-state index contributed by atoms with van der Waals surface area (Å²) in [7, 11) is 0. The molecule has 1 unspecified atom stereocenters. The lowest BCUT2D eigenvalue weighted by Crippen LogP contribution is -2.41. The Morgan fingerprint density at radius 1 is 1.33 bits per heavy atom. The maximum Gasteiger partial charge on any atom is 0.245 e. The fraction of sp³-hybridized carbons (Fsp3) is 0.467. The number of likely N-dealkylation sites (tertiary alicyclic amines) is 1. The van der Waals surface area contributed by atoms with Crippen molar-refractivity contribution >= 4 is 24.2 Å². The molecule has 6 heteroatoms. The van der Waals surface area contributed by atoms with Gasteiger partial charge in [0.15, 0.2) is 0 Å². The molecule has 0 spiro atoms. The number of nitrogens with two attached hydrogens (primary N) is 1. The molecule has 1 aliphatic rings. The molecule has 1 atom stereocenters. The van der Waals surface area contributed by atoms with Crippen molar-refractivity contribution in [3.63, 3.8) is 0 Å². The molecule has 0 aliphatic carbocycles. The van der Waals surface area contributed by atoms with Crippen LogP contribution in [0.3, 0.4) is 0 Å². The van der Waals surface area contributed by atoms with Gasteiger partial charge < -0.3 is 16.0 Å². The lowest BCUT2D eigenvalue weighted by atomic mass is 10.2. The third-order valence-corrected chi connectivity index (χ3v) is 3.46. The lowest BCUT2D eigenvalue weighted by Gasteiger charge is -2.17. The minimum absolute atomic E-state index is 0. The van der Waals surface area contributed by atoms with Gasteiger partial charge in [-0.05, 0) is 24.9 Å². The van der Waals surface area contributed by atoms with E-state index in [1.54, 1.807) is 4.90 Å². The topological polar surface area (TPSA) is 75.4 Å². The van der Waals surface area contributed by atoms with E-state index in [1.807, 2.05) is 30.3 Å². The number of amides is 2. The first-order chi connectivity index (χ1) is 9.70. The molecule has 0 bridgehead atoms. The Balaban J connectivity index is 0.00000220. The summed E-state index contributed by atoms with van der Waals surface area (Å²) in [6.07, 6.45) is 1.72. The molecule has 2 rings (SSSR count). The highest BCUT2D eigenvalue weighted by molar-refractivity contribution is 5.89. The molecule has 0 aromatic heterocycles. The van der Waals surface area contributed by atoms with Gasteiger partial charge in [-0.2, -0.15) is 0 Å². The average molecular weight is 312 g/mol. The standard InChI is InChI=1S/C15H21N3O2.ClH/c16-9-4-7-14(19)17-13-8-10-18(15(13)20)11-12-5-2-1-3-6-12;/h1-3,5-6,13H,4,7-11,16H2,(H,17,19);1H. The van der Waals surface area contributed by atoms with Gasteiger partial charge >= 0.3 is 0 Å². The zero-order valence-corrected chi connectivity index (χ0v) is 12.8. The molecule has 1 fully saturated rings. The Kier molecular flexibility index (Phi) is 7.19. The summed E-state index contributed by atoms with van der Waals surface area (Å²) in [6.45, 7) is 1.79. The lowest BCUT2D eigenvalue weighted by molar-refractivity contribution is -0.133. The molecule has 0 saturated carbocycles. The van der Waals surface area contributed by atoms with E-state index < -0.39 is 0 Å². The van der Waals surface area contributed by atoms with Crippen LogP contribution in [0.15, 0.2) is 30.3 Å². The number of nitrogens with one attached hydrogen (secondary N) is 1. The molecule has 5 nitrogen and oxygen atoms in total. The van der Waals surface area contributed by atoms with E-state index in [1.165, 1.54) is 0 Å². The number of nitrogens with zero attached hydrogens (tertiary/aromatic N) is 1. The van der Waals surface area contributed by atoms with Crippen LogP contribution in [-0.4, -0.2) is 35.8 Å². The van der Waals surface area contributed by atoms with E-state index in [0.29, 0.717) is 38.9 Å². The predicted octanol–water partition coefficient (Wildman–Crippen LogP) is 1.06. The fourth-order valence-corrected chi connectivity index (χ4v) is 2.36. The smallest absolute Gasteiger partial charge is 0.245 e. The summed E-state index contributed by atoms with van der Waals surface area (Å²) >= 11 is 0. The zero-order chi connectivity index (χ0) is 14.4. The number of hydrogen-bond donors (Lipinski definition) is 2. The van der Waals surface area contributed by atoms with Gasteiger partial charge in [-0.25, -0.2) is 0 Å². The van der Waals surface area contributed by atoms with Crippen molar-refractivity contribution in [1.29, 1.82) is 0 Å². The van der Waals surface area contributed by atoms with Crippen LogP contribution in [-0.2, 0) is 16.1 Å². The summed E-state index contributed by atoms with van der Waals surface area (Å²) in [5, 5.41) is 2.79. The van der Waals surface area contributed by atoms with E-state index in [9.17, 15) is 9.59 Å². The first-order valence-corrected chi connectivity index (χ1v) is 7.03. The maximum absolute atomic E-state index is 12.2. The van der Waals surface area contributed by atoms with Gasteiger partial charge in [0, 0.05) is 19.5 Å². The van der Waals surface area contributed by atoms with Crippen LogP contribution >= 0.6 is 12.4 Å². The zero-order valence-electron chi connectivity index (χ0n) is 12.0. The fourth-order valence-electron chi connectivity index (χ4n) is 2.36. The number of carbonyl (C=O) groups excluding carboxylic acids is 2. The van der Waals surface area contributed by atoms with Gasteiger partial charge in [0.05, 0.1) is 0 Å². The second-order valence-electron chi connectivity index (χ2n) is 5.05. The Hall–Kier alpha value is -1.59. The van der Waals surface area contributed by atoms with Crippen molar-refractivity contribution in [3.8, 4) is 0 Å². The summed E-state index contributed by atoms with van der Waals surface area (Å²) in [5.41, 5.74) is 6.47. The number of halogens is 1. The van der Waals surface area contributed by atoms with Gasteiger partial charge in [-0.15, -0.1) is 12.4 Å². The van der Waals surface area contributed by atoms with Gasteiger partial charge in [0.25, 0.3) is 0 Å². The van der Waals surface area contributed by atoms with Crippen LogP contribution in [0.4, 0.5) is 0 Å². The second-order valence-corrected chi connectivity index (χ2v) is 5.05.